The van der Waals surface area contributed by atoms with Gasteiger partial charge in [0.1, 0.15) is 17.9 Å². The summed E-state index contributed by atoms with van der Waals surface area (Å²) in [5.74, 6) is 0.930. The topological polar surface area (TPSA) is 100 Å². The zero-order valence-electron chi connectivity index (χ0n) is 21.3. The zero-order chi connectivity index (χ0) is 26.6. The van der Waals surface area contributed by atoms with Gasteiger partial charge in [0.15, 0.2) is 5.65 Å². The Morgan fingerprint density at radius 3 is 2.53 bits per heavy atom. The van der Waals surface area contributed by atoms with E-state index in [2.05, 4.69) is 34.4 Å². The fourth-order valence-corrected chi connectivity index (χ4v) is 4.81. The number of aromatic nitrogens is 3. The molecule has 0 fully saturated rings. The third-order valence-corrected chi connectivity index (χ3v) is 7.03. The van der Waals surface area contributed by atoms with Gasteiger partial charge in [0.05, 0.1) is 11.1 Å². The van der Waals surface area contributed by atoms with Gasteiger partial charge in [-0.25, -0.2) is 15.0 Å². The average Bonchev–Trinajstić information content (AvgIpc) is 2.91. The third kappa shape index (κ3) is 5.76. The van der Waals surface area contributed by atoms with Crippen LogP contribution in [0.2, 0.25) is 0 Å². The van der Waals surface area contributed by atoms with Crippen LogP contribution < -0.4 is 10.6 Å². The van der Waals surface area contributed by atoms with Gasteiger partial charge >= 0.3 is 0 Å². The first-order valence-corrected chi connectivity index (χ1v) is 13.0. The molecule has 190 valence electrons. The zero-order valence-corrected chi connectivity index (χ0v) is 22.1. The van der Waals surface area contributed by atoms with E-state index in [1.165, 1.54) is 18.1 Å². The van der Waals surface area contributed by atoms with Crippen LogP contribution in [0.4, 0.5) is 17.2 Å². The van der Waals surface area contributed by atoms with Crippen molar-refractivity contribution in [2.24, 2.45) is 0 Å². The summed E-state index contributed by atoms with van der Waals surface area (Å²) in [6.45, 7) is 6.15. The number of aromatic hydroxyl groups is 1. The van der Waals surface area contributed by atoms with E-state index < -0.39 is 0 Å². The summed E-state index contributed by atoms with van der Waals surface area (Å²) in [5.41, 5.74) is 4.60. The number of phenolic OH excluding ortho intramolecular Hbond substituents is 1. The fourth-order valence-electron chi connectivity index (χ4n) is 3.93. The summed E-state index contributed by atoms with van der Waals surface area (Å²) in [6, 6.07) is 24.2. The molecule has 1 amide bonds. The van der Waals surface area contributed by atoms with Crippen LogP contribution in [0.25, 0.3) is 11.0 Å². The van der Waals surface area contributed by atoms with Gasteiger partial charge in [-0.1, -0.05) is 43.3 Å². The van der Waals surface area contributed by atoms with Gasteiger partial charge in [0.2, 0.25) is 0 Å². The molecule has 0 aliphatic rings. The van der Waals surface area contributed by atoms with E-state index in [1.54, 1.807) is 18.2 Å². The highest BCUT2D eigenvalue weighted by atomic mass is 32.2. The number of nitrogens with one attached hydrogen (secondary N) is 2. The molecule has 0 saturated carbocycles. The number of carbonyl (C=O) groups is 1. The number of anilines is 3. The summed E-state index contributed by atoms with van der Waals surface area (Å²) in [4.78, 5) is 28.4. The third-order valence-electron chi connectivity index (χ3n) is 5.95. The number of phenols is 1. The summed E-state index contributed by atoms with van der Waals surface area (Å²) < 4.78 is 0. The molecule has 0 aliphatic carbocycles. The molecular formula is C30H27N5O2S. The van der Waals surface area contributed by atoms with Gasteiger partial charge < -0.3 is 15.7 Å². The monoisotopic (exact) mass is 521 g/mol. The molecule has 0 saturated heterocycles. The average molecular weight is 522 g/mol. The van der Waals surface area contributed by atoms with Crippen LogP contribution in [0.1, 0.15) is 41.4 Å². The molecule has 5 rings (SSSR count). The molecule has 0 spiro atoms. The Balaban J connectivity index is 1.51. The Hall–Kier alpha value is -4.43. The number of hydrogen-bond acceptors (Lipinski definition) is 7. The maximum atomic E-state index is 12.9. The molecule has 2 aromatic heterocycles. The minimum atomic E-state index is -0.184. The van der Waals surface area contributed by atoms with Crippen LogP contribution in [0.15, 0.2) is 95.0 Å². The Morgan fingerprint density at radius 2 is 1.76 bits per heavy atom. The van der Waals surface area contributed by atoms with E-state index in [0.717, 1.165) is 32.1 Å². The highest BCUT2D eigenvalue weighted by Gasteiger charge is 2.14. The lowest BCUT2D eigenvalue weighted by atomic mass is 10.1. The summed E-state index contributed by atoms with van der Waals surface area (Å²) in [6.07, 6.45) is 1.50. The van der Waals surface area contributed by atoms with E-state index in [0.29, 0.717) is 22.7 Å². The van der Waals surface area contributed by atoms with Crippen molar-refractivity contribution >= 4 is 45.9 Å². The predicted molar refractivity (Wildman–Crippen MR) is 153 cm³/mol. The number of nitrogens with zero attached hydrogens (tertiary/aromatic N) is 3. The van der Waals surface area contributed by atoms with E-state index in [1.807, 2.05) is 67.6 Å². The molecule has 3 aromatic carbocycles. The Labute approximate surface area is 225 Å². The molecule has 38 heavy (non-hydrogen) atoms. The number of fused-ring (bicyclic) bond motifs is 1. The van der Waals surface area contributed by atoms with Gasteiger partial charge in [-0.2, -0.15) is 0 Å². The van der Waals surface area contributed by atoms with Crippen molar-refractivity contribution < 1.29 is 9.90 Å². The fraction of sp³-hybridized carbons (Fsp3) is 0.133. The molecule has 5 aromatic rings. The van der Waals surface area contributed by atoms with Crippen LogP contribution in [-0.4, -0.2) is 26.0 Å². The number of rotatable bonds is 7. The summed E-state index contributed by atoms with van der Waals surface area (Å²) >= 11 is 1.53. The SMILES string of the molecule is Cc1cccc(C(=O)Nc2ccc(Sc3ccc(O)cc3)c(Nc3ncnc4nc(C(C)C)ccc34)c2)c1. The van der Waals surface area contributed by atoms with Crippen LogP contribution in [0.5, 0.6) is 5.75 Å². The number of benzene rings is 3. The van der Waals surface area contributed by atoms with Crippen LogP contribution in [-0.2, 0) is 0 Å². The highest BCUT2D eigenvalue weighted by molar-refractivity contribution is 7.99. The minimum Gasteiger partial charge on any atom is -0.508 e. The molecule has 7 nitrogen and oxygen atoms in total. The number of pyridine rings is 1. The predicted octanol–water partition coefficient (Wildman–Crippen LogP) is 7.31. The van der Waals surface area contributed by atoms with Gasteiger partial charge in [-0.15, -0.1) is 0 Å². The Bertz CT molecular complexity index is 1620. The first-order valence-electron chi connectivity index (χ1n) is 12.2. The van der Waals surface area contributed by atoms with Crippen molar-refractivity contribution in [1.82, 2.24) is 15.0 Å². The van der Waals surface area contributed by atoms with Crippen molar-refractivity contribution in [3.05, 3.63) is 102 Å². The Kier molecular flexibility index (Phi) is 7.24. The Morgan fingerprint density at radius 1 is 0.947 bits per heavy atom. The normalized spacial score (nSPS) is 11.1. The standard InChI is InChI=1S/C30H27N5O2S/c1-18(2)25-13-12-24-28(34-25)31-17-32-29(24)35-26-16-21(33-30(37)20-6-4-5-19(3)15-20)7-14-27(26)38-23-10-8-22(36)9-11-23/h4-18,36H,1-3H3,(H,33,37)(H,31,32,34,35). The number of amides is 1. The van der Waals surface area contributed by atoms with Gasteiger partial charge in [-0.05, 0) is 79.6 Å². The number of hydrogen-bond donors (Lipinski definition) is 3. The van der Waals surface area contributed by atoms with E-state index >= 15 is 0 Å². The first-order chi connectivity index (χ1) is 18.4. The maximum absolute atomic E-state index is 12.9. The molecule has 0 atom stereocenters. The smallest absolute Gasteiger partial charge is 0.255 e. The van der Waals surface area contributed by atoms with Crippen LogP contribution in [0.3, 0.4) is 0 Å². The van der Waals surface area contributed by atoms with Crippen molar-refractivity contribution in [1.29, 1.82) is 0 Å². The second-order valence-electron chi connectivity index (χ2n) is 9.24. The minimum absolute atomic E-state index is 0.184. The summed E-state index contributed by atoms with van der Waals surface area (Å²) in [5, 5.41) is 16.9. The van der Waals surface area contributed by atoms with Crippen molar-refractivity contribution in [3.63, 3.8) is 0 Å². The van der Waals surface area contributed by atoms with Crippen molar-refractivity contribution in [2.75, 3.05) is 10.6 Å². The second-order valence-corrected chi connectivity index (χ2v) is 10.4. The molecule has 8 heteroatoms. The van der Waals surface area contributed by atoms with Gasteiger partial charge in [0.25, 0.3) is 5.91 Å². The van der Waals surface area contributed by atoms with Gasteiger partial charge in [-0.3, -0.25) is 4.79 Å². The first kappa shape index (κ1) is 25.2. The van der Waals surface area contributed by atoms with Crippen LogP contribution in [0, 0.1) is 6.92 Å². The van der Waals surface area contributed by atoms with Crippen molar-refractivity contribution in [3.8, 4) is 5.75 Å². The number of carbonyl (C=O) groups excluding carboxylic acids is 1. The summed E-state index contributed by atoms with van der Waals surface area (Å²) in [7, 11) is 0. The highest BCUT2D eigenvalue weighted by Crippen LogP contribution is 2.38. The lowest BCUT2D eigenvalue weighted by Gasteiger charge is -2.15. The largest absolute Gasteiger partial charge is 0.508 e. The molecule has 0 aliphatic heterocycles. The second kappa shape index (κ2) is 10.9. The van der Waals surface area contributed by atoms with E-state index in [4.69, 9.17) is 4.98 Å². The molecule has 3 N–H and O–H groups in total. The molecule has 0 bridgehead atoms. The quantitative estimate of drug-likeness (QED) is 0.206. The number of aryl methyl sites for hydroxylation is 1. The lowest BCUT2D eigenvalue weighted by Crippen LogP contribution is -2.12. The van der Waals surface area contributed by atoms with Crippen LogP contribution >= 0.6 is 11.8 Å². The molecule has 0 unspecified atom stereocenters. The van der Waals surface area contributed by atoms with Gasteiger partial charge in [0, 0.05) is 26.7 Å². The maximum Gasteiger partial charge on any atom is 0.255 e. The van der Waals surface area contributed by atoms with E-state index in [-0.39, 0.29) is 17.6 Å². The molecule has 2 heterocycles. The molecule has 0 radical (unpaired) electrons. The van der Waals surface area contributed by atoms with E-state index in [9.17, 15) is 9.90 Å². The lowest BCUT2D eigenvalue weighted by molar-refractivity contribution is 0.102. The van der Waals surface area contributed by atoms with Crippen molar-refractivity contribution in [2.45, 2.75) is 36.5 Å². The molecular weight excluding hydrogens is 494 g/mol.